The van der Waals surface area contributed by atoms with Crippen LogP contribution in [0.15, 0.2) is 42.7 Å². The number of pyridine rings is 1. The number of benzene rings is 1. The maximum absolute atomic E-state index is 12.0. The summed E-state index contributed by atoms with van der Waals surface area (Å²) in [6, 6.07) is 7.78. The van der Waals surface area contributed by atoms with Gasteiger partial charge in [0.25, 0.3) is 5.91 Å². The lowest BCUT2D eigenvalue weighted by atomic mass is 10.2. The average molecular weight is 291 g/mol. The number of nitrogens with one attached hydrogen (secondary N) is 1. The molecule has 2 rings (SSSR count). The maximum atomic E-state index is 12.0. The van der Waals surface area contributed by atoms with E-state index in [1.54, 1.807) is 18.3 Å². The van der Waals surface area contributed by atoms with Crippen LogP contribution in [0.25, 0.3) is 0 Å². The molecule has 20 heavy (non-hydrogen) atoms. The maximum Gasteiger partial charge on any atom is 0.337 e. The van der Waals surface area contributed by atoms with Crippen LogP contribution in [0.5, 0.6) is 0 Å². The van der Waals surface area contributed by atoms with E-state index >= 15 is 0 Å². The molecule has 6 heteroatoms. The van der Waals surface area contributed by atoms with Crippen molar-refractivity contribution >= 4 is 29.2 Å². The molecule has 0 saturated heterocycles. The van der Waals surface area contributed by atoms with Gasteiger partial charge in [0, 0.05) is 12.4 Å². The summed E-state index contributed by atoms with van der Waals surface area (Å²) in [5, 5.41) is 2.96. The number of hydrogen-bond acceptors (Lipinski definition) is 4. The first kappa shape index (κ1) is 14.0. The lowest BCUT2D eigenvalue weighted by molar-refractivity contribution is 0.0600. The topological polar surface area (TPSA) is 68.3 Å². The first-order valence-corrected chi connectivity index (χ1v) is 6.09. The SMILES string of the molecule is COC(=O)c1ccc(Cl)c(NC(=O)c2cccnc2)c1. The molecule has 1 aromatic heterocycles. The van der Waals surface area contributed by atoms with E-state index in [-0.39, 0.29) is 5.91 Å². The molecule has 0 atom stereocenters. The number of ether oxygens (including phenoxy) is 1. The molecule has 2 aromatic rings. The fourth-order valence-electron chi connectivity index (χ4n) is 1.56. The van der Waals surface area contributed by atoms with E-state index < -0.39 is 5.97 Å². The van der Waals surface area contributed by atoms with Crippen molar-refractivity contribution in [3.8, 4) is 0 Å². The summed E-state index contributed by atoms with van der Waals surface area (Å²) >= 11 is 5.99. The Bertz CT molecular complexity index is 644. The minimum atomic E-state index is -0.501. The van der Waals surface area contributed by atoms with Gasteiger partial charge in [-0.05, 0) is 30.3 Å². The normalized spacial score (nSPS) is 9.90. The smallest absolute Gasteiger partial charge is 0.337 e. The molecule has 0 saturated carbocycles. The summed E-state index contributed by atoms with van der Waals surface area (Å²) in [4.78, 5) is 27.3. The second kappa shape index (κ2) is 6.16. The molecule has 0 aliphatic carbocycles. The summed E-state index contributed by atoms with van der Waals surface area (Å²) in [6.07, 6.45) is 3.01. The van der Waals surface area contributed by atoms with E-state index in [0.29, 0.717) is 21.8 Å². The Morgan fingerprint density at radius 1 is 1.25 bits per heavy atom. The zero-order chi connectivity index (χ0) is 14.5. The van der Waals surface area contributed by atoms with E-state index in [1.807, 2.05) is 0 Å². The summed E-state index contributed by atoms with van der Waals surface area (Å²) < 4.78 is 4.62. The summed E-state index contributed by atoms with van der Waals surface area (Å²) in [5.74, 6) is -0.861. The predicted octanol–water partition coefficient (Wildman–Crippen LogP) is 2.77. The number of amides is 1. The Morgan fingerprint density at radius 2 is 2.05 bits per heavy atom. The molecule has 5 nitrogen and oxygen atoms in total. The number of aromatic nitrogens is 1. The predicted molar refractivity (Wildman–Crippen MR) is 75.0 cm³/mol. The van der Waals surface area contributed by atoms with Gasteiger partial charge < -0.3 is 10.1 Å². The Kier molecular flexibility index (Phi) is 4.32. The third kappa shape index (κ3) is 3.13. The monoisotopic (exact) mass is 290 g/mol. The molecule has 0 unspecified atom stereocenters. The van der Waals surface area contributed by atoms with Gasteiger partial charge in [-0.1, -0.05) is 11.6 Å². The number of carbonyl (C=O) groups excluding carboxylic acids is 2. The molecular weight excluding hydrogens is 280 g/mol. The van der Waals surface area contributed by atoms with E-state index in [0.717, 1.165) is 0 Å². The van der Waals surface area contributed by atoms with Crippen molar-refractivity contribution in [3.63, 3.8) is 0 Å². The molecule has 0 radical (unpaired) electrons. The average Bonchev–Trinajstić information content (AvgIpc) is 2.49. The van der Waals surface area contributed by atoms with Crippen LogP contribution in [0.1, 0.15) is 20.7 Å². The highest BCUT2D eigenvalue weighted by atomic mass is 35.5. The fraction of sp³-hybridized carbons (Fsp3) is 0.0714. The Labute approximate surface area is 120 Å². The summed E-state index contributed by atoms with van der Waals surface area (Å²) in [7, 11) is 1.28. The number of halogens is 1. The van der Waals surface area contributed by atoms with Crippen LogP contribution in [-0.4, -0.2) is 24.0 Å². The van der Waals surface area contributed by atoms with Gasteiger partial charge in [-0.25, -0.2) is 4.79 Å². The lowest BCUT2D eigenvalue weighted by Gasteiger charge is -2.08. The lowest BCUT2D eigenvalue weighted by Crippen LogP contribution is -2.13. The molecule has 102 valence electrons. The van der Waals surface area contributed by atoms with Crippen LogP contribution < -0.4 is 5.32 Å². The van der Waals surface area contributed by atoms with Crippen LogP contribution in [0.3, 0.4) is 0 Å². The van der Waals surface area contributed by atoms with Crippen molar-refractivity contribution in [3.05, 3.63) is 58.9 Å². The number of methoxy groups -OCH3 is 1. The zero-order valence-corrected chi connectivity index (χ0v) is 11.3. The van der Waals surface area contributed by atoms with Gasteiger partial charge in [-0.2, -0.15) is 0 Å². The minimum Gasteiger partial charge on any atom is -0.465 e. The largest absolute Gasteiger partial charge is 0.465 e. The van der Waals surface area contributed by atoms with Crippen LogP contribution >= 0.6 is 11.6 Å². The molecule has 0 spiro atoms. The van der Waals surface area contributed by atoms with Gasteiger partial charge in [0.1, 0.15) is 0 Å². The van der Waals surface area contributed by atoms with Crippen LogP contribution in [0.2, 0.25) is 5.02 Å². The van der Waals surface area contributed by atoms with Gasteiger partial charge in [0.2, 0.25) is 0 Å². The van der Waals surface area contributed by atoms with Crippen LogP contribution in [-0.2, 0) is 4.74 Å². The highest BCUT2D eigenvalue weighted by Crippen LogP contribution is 2.24. The highest BCUT2D eigenvalue weighted by molar-refractivity contribution is 6.34. The Morgan fingerprint density at radius 3 is 2.70 bits per heavy atom. The third-order valence-corrected chi connectivity index (χ3v) is 2.89. The van der Waals surface area contributed by atoms with E-state index in [2.05, 4.69) is 15.0 Å². The minimum absolute atomic E-state index is 0.304. The standard InChI is InChI=1S/C14H11ClN2O3/c1-20-14(19)9-4-5-11(15)12(7-9)17-13(18)10-3-2-6-16-8-10/h2-8H,1H3,(H,17,18). The molecule has 1 N–H and O–H groups in total. The molecule has 0 aliphatic rings. The fourth-order valence-corrected chi connectivity index (χ4v) is 1.72. The molecule has 0 aliphatic heterocycles. The second-order valence-electron chi connectivity index (χ2n) is 3.88. The first-order valence-electron chi connectivity index (χ1n) is 5.71. The van der Waals surface area contributed by atoms with Crippen molar-refractivity contribution < 1.29 is 14.3 Å². The van der Waals surface area contributed by atoms with E-state index in [1.165, 1.54) is 31.5 Å². The van der Waals surface area contributed by atoms with Gasteiger partial charge in [0.05, 0.1) is 28.9 Å². The van der Waals surface area contributed by atoms with Crippen molar-refractivity contribution in [2.45, 2.75) is 0 Å². The molecule has 1 amide bonds. The highest BCUT2D eigenvalue weighted by Gasteiger charge is 2.12. The van der Waals surface area contributed by atoms with Gasteiger partial charge in [-0.3, -0.25) is 9.78 Å². The third-order valence-electron chi connectivity index (χ3n) is 2.56. The number of esters is 1. The van der Waals surface area contributed by atoms with Gasteiger partial charge in [0.15, 0.2) is 0 Å². The molecular formula is C14H11ClN2O3. The summed E-state index contributed by atoms with van der Waals surface area (Å²) in [6.45, 7) is 0. The van der Waals surface area contributed by atoms with Crippen LogP contribution in [0, 0.1) is 0 Å². The van der Waals surface area contributed by atoms with Crippen molar-refractivity contribution in [2.75, 3.05) is 12.4 Å². The molecule has 0 fully saturated rings. The number of hydrogen-bond donors (Lipinski definition) is 1. The van der Waals surface area contributed by atoms with Crippen molar-refractivity contribution in [1.29, 1.82) is 0 Å². The molecule has 1 heterocycles. The van der Waals surface area contributed by atoms with E-state index in [4.69, 9.17) is 11.6 Å². The van der Waals surface area contributed by atoms with Gasteiger partial charge >= 0.3 is 5.97 Å². The Hall–Kier alpha value is -2.40. The molecule has 1 aromatic carbocycles. The van der Waals surface area contributed by atoms with Crippen molar-refractivity contribution in [1.82, 2.24) is 4.98 Å². The van der Waals surface area contributed by atoms with E-state index in [9.17, 15) is 9.59 Å². The molecule has 0 bridgehead atoms. The Balaban J connectivity index is 2.25. The first-order chi connectivity index (χ1) is 9.61. The summed E-state index contributed by atoms with van der Waals surface area (Å²) in [5.41, 5.74) is 1.04. The second-order valence-corrected chi connectivity index (χ2v) is 4.29. The number of nitrogens with zero attached hydrogens (tertiary/aromatic N) is 1. The quantitative estimate of drug-likeness (QED) is 0.883. The number of anilines is 1. The zero-order valence-electron chi connectivity index (χ0n) is 10.6. The van der Waals surface area contributed by atoms with Gasteiger partial charge in [-0.15, -0.1) is 0 Å². The number of rotatable bonds is 3. The van der Waals surface area contributed by atoms with Crippen molar-refractivity contribution in [2.24, 2.45) is 0 Å². The van der Waals surface area contributed by atoms with Crippen LogP contribution in [0.4, 0.5) is 5.69 Å². The number of carbonyl (C=O) groups is 2.